The van der Waals surface area contributed by atoms with Gasteiger partial charge in [0.15, 0.2) is 0 Å². The number of rotatable bonds is 1. The zero-order valence-electron chi connectivity index (χ0n) is 7.99. The number of anilines is 1. The summed E-state index contributed by atoms with van der Waals surface area (Å²) in [4.78, 5) is 3.28. The van der Waals surface area contributed by atoms with Crippen molar-refractivity contribution in [1.82, 2.24) is 15.2 Å². The number of H-pyrrole nitrogens is 2. The monoisotopic (exact) mass is 198 g/mol. The van der Waals surface area contributed by atoms with Gasteiger partial charge in [0.2, 0.25) is 0 Å². The molecule has 0 amide bonds. The van der Waals surface area contributed by atoms with Gasteiger partial charge < -0.3 is 10.7 Å². The van der Waals surface area contributed by atoms with E-state index in [9.17, 15) is 0 Å². The fourth-order valence-electron chi connectivity index (χ4n) is 1.73. The van der Waals surface area contributed by atoms with E-state index in [2.05, 4.69) is 15.2 Å². The number of aromatic amines is 2. The van der Waals surface area contributed by atoms with Gasteiger partial charge in [-0.1, -0.05) is 6.07 Å². The van der Waals surface area contributed by atoms with Crippen molar-refractivity contribution >= 4 is 16.6 Å². The van der Waals surface area contributed by atoms with Crippen LogP contribution in [0.2, 0.25) is 0 Å². The van der Waals surface area contributed by atoms with E-state index in [0.717, 1.165) is 28.0 Å². The Hall–Kier alpha value is -2.23. The van der Waals surface area contributed by atoms with Crippen LogP contribution in [0.5, 0.6) is 0 Å². The highest BCUT2D eigenvalue weighted by molar-refractivity contribution is 5.94. The summed E-state index contributed by atoms with van der Waals surface area (Å²) in [5.41, 5.74) is 9.56. The van der Waals surface area contributed by atoms with Crippen LogP contribution < -0.4 is 5.73 Å². The number of nitrogen functional groups attached to an aromatic ring is 1. The van der Waals surface area contributed by atoms with Crippen LogP contribution in [-0.4, -0.2) is 15.2 Å². The molecule has 3 rings (SSSR count). The second-order valence-electron chi connectivity index (χ2n) is 3.45. The summed E-state index contributed by atoms with van der Waals surface area (Å²) in [6, 6.07) is 9.76. The number of nitrogens with two attached hydrogens (primary N) is 1. The Morgan fingerprint density at radius 1 is 1.20 bits per heavy atom. The molecule has 0 aliphatic rings. The molecule has 2 heterocycles. The summed E-state index contributed by atoms with van der Waals surface area (Å²) < 4.78 is 0. The Kier molecular flexibility index (Phi) is 1.56. The molecule has 74 valence electrons. The molecule has 0 atom stereocenters. The summed E-state index contributed by atoms with van der Waals surface area (Å²) >= 11 is 0. The molecule has 0 spiro atoms. The summed E-state index contributed by atoms with van der Waals surface area (Å²) in [7, 11) is 0. The molecule has 15 heavy (non-hydrogen) atoms. The first kappa shape index (κ1) is 8.11. The van der Waals surface area contributed by atoms with Crippen molar-refractivity contribution in [3.63, 3.8) is 0 Å². The molecule has 0 unspecified atom stereocenters. The number of benzene rings is 1. The Morgan fingerprint density at radius 3 is 2.87 bits per heavy atom. The van der Waals surface area contributed by atoms with Crippen LogP contribution in [-0.2, 0) is 0 Å². The molecule has 4 nitrogen and oxygen atoms in total. The molecule has 3 aromatic rings. The number of hydrogen-bond acceptors (Lipinski definition) is 2. The average Bonchev–Trinajstić information content (AvgIpc) is 2.86. The summed E-state index contributed by atoms with van der Waals surface area (Å²) in [5, 5.41) is 7.94. The SMILES string of the molecule is Nc1cccc2[nH]c(-c3cc[nH]n3)cc12. The van der Waals surface area contributed by atoms with Crippen LogP contribution in [0.4, 0.5) is 5.69 Å². The van der Waals surface area contributed by atoms with E-state index < -0.39 is 0 Å². The van der Waals surface area contributed by atoms with E-state index in [4.69, 9.17) is 5.73 Å². The Morgan fingerprint density at radius 2 is 2.13 bits per heavy atom. The second-order valence-corrected chi connectivity index (χ2v) is 3.45. The maximum Gasteiger partial charge on any atom is 0.108 e. The molecule has 0 saturated carbocycles. The minimum atomic E-state index is 0.783. The highest BCUT2D eigenvalue weighted by Gasteiger charge is 2.06. The Labute approximate surface area is 86.1 Å². The molecule has 4 N–H and O–H groups in total. The Balaban J connectivity index is 2.27. The van der Waals surface area contributed by atoms with Crippen molar-refractivity contribution in [3.05, 3.63) is 36.5 Å². The molecule has 0 radical (unpaired) electrons. The van der Waals surface area contributed by atoms with Gasteiger partial charge in [-0.2, -0.15) is 5.10 Å². The van der Waals surface area contributed by atoms with Crippen LogP contribution in [0, 0.1) is 0 Å². The first-order chi connectivity index (χ1) is 7.34. The van der Waals surface area contributed by atoms with Crippen LogP contribution in [0.1, 0.15) is 0 Å². The molecule has 1 aromatic carbocycles. The topological polar surface area (TPSA) is 70.5 Å². The fraction of sp³-hybridized carbons (Fsp3) is 0. The van der Waals surface area contributed by atoms with Gasteiger partial charge in [-0.25, -0.2) is 0 Å². The normalized spacial score (nSPS) is 10.9. The van der Waals surface area contributed by atoms with Crippen molar-refractivity contribution in [2.24, 2.45) is 0 Å². The first-order valence-corrected chi connectivity index (χ1v) is 4.72. The number of hydrogen-bond donors (Lipinski definition) is 3. The fourth-order valence-corrected chi connectivity index (χ4v) is 1.73. The van der Waals surface area contributed by atoms with Crippen LogP contribution in [0.25, 0.3) is 22.3 Å². The third-order valence-corrected chi connectivity index (χ3v) is 2.47. The molecule has 4 heteroatoms. The van der Waals surface area contributed by atoms with Gasteiger partial charge in [-0.15, -0.1) is 0 Å². The quantitative estimate of drug-likeness (QED) is 0.524. The summed E-state index contributed by atoms with van der Waals surface area (Å²) in [5.74, 6) is 0. The van der Waals surface area contributed by atoms with Crippen LogP contribution >= 0.6 is 0 Å². The van der Waals surface area contributed by atoms with Gasteiger partial charge in [-0.05, 0) is 24.3 Å². The highest BCUT2D eigenvalue weighted by atomic mass is 15.1. The third-order valence-electron chi connectivity index (χ3n) is 2.47. The number of aromatic nitrogens is 3. The first-order valence-electron chi connectivity index (χ1n) is 4.72. The zero-order chi connectivity index (χ0) is 10.3. The van der Waals surface area contributed by atoms with Crippen molar-refractivity contribution in [3.8, 4) is 11.4 Å². The van der Waals surface area contributed by atoms with Crippen LogP contribution in [0.15, 0.2) is 36.5 Å². The predicted octanol–water partition coefficient (Wildman–Crippen LogP) is 2.14. The lowest BCUT2D eigenvalue weighted by atomic mass is 10.2. The molecule has 2 aromatic heterocycles. The zero-order valence-corrected chi connectivity index (χ0v) is 7.99. The van der Waals surface area contributed by atoms with Gasteiger partial charge in [-0.3, -0.25) is 5.10 Å². The van der Waals surface area contributed by atoms with E-state index >= 15 is 0 Å². The lowest BCUT2D eigenvalue weighted by Gasteiger charge is -1.92. The molecule has 0 bridgehead atoms. The van der Waals surface area contributed by atoms with E-state index in [0.29, 0.717) is 0 Å². The summed E-state index contributed by atoms with van der Waals surface area (Å²) in [6.45, 7) is 0. The van der Waals surface area contributed by atoms with Gasteiger partial charge in [0.05, 0.1) is 5.69 Å². The van der Waals surface area contributed by atoms with Gasteiger partial charge in [0.1, 0.15) is 5.69 Å². The maximum absolute atomic E-state index is 5.87. The van der Waals surface area contributed by atoms with E-state index in [1.165, 1.54) is 0 Å². The predicted molar refractivity (Wildman–Crippen MR) is 60.3 cm³/mol. The van der Waals surface area contributed by atoms with Crippen molar-refractivity contribution < 1.29 is 0 Å². The number of nitrogens with zero attached hydrogens (tertiary/aromatic N) is 1. The third kappa shape index (κ3) is 1.19. The largest absolute Gasteiger partial charge is 0.398 e. The van der Waals surface area contributed by atoms with E-state index in [1.807, 2.05) is 30.3 Å². The second kappa shape index (κ2) is 2.88. The number of nitrogens with one attached hydrogen (secondary N) is 2. The smallest absolute Gasteiger partial charge is 0.108 e. The minimum absolute atomic E-state index is 0.783. The molecular formula is C11H10N4. The highest BCUT2D eigenvalue weighted by Crippen LogP contribution is 2.26. The Bertz CT molecular complexity index is 592. The molecular weight excluding hydrogens is 188 g/mol. The van der Waals surface area contributed by atoms with Crippen molar-refractivity contribution in [1.29, 1.82) is 0 Å². The van der Waals surface area contributed by atoms with Crippen LogP contribution in [0.3, 0.4) is 0 Å². The molecule has 0 saturated heterocycles. The number of fused-ring (bicyclic) bond motifs is 1. The molecule has 0 aliphatic heterocycles. The van der Waals surface area contributed by atoms with Gasteiger partial charge >= 0.3 is 0 Å². The van der Waals surface area contributed by atoms with Gasteiger partial charge in [0, 0.05) is 22.8 Å². The van der Waals surface area contributed by atoms with Crippen molar-refractivity contribution in [2.45, 2.75) is 0 Å². The lowest BCUT2D eigenvalue weighted by Crippen LogP contribution is -1.82. The van der Waals surface area contributed by atoms with E-state index in [-0.39, 0.29) is 0 Å². The standard InChI is InChI=1S/C11H10N4/c12-8-2-1-3-9-7(8)6-11(14-9)10-4-5-13-15-10/h1-6,14H,12H2,(H,13,15). The summed E-state index contributed by atoms with van der Waals surface area (Å²) in [6.07, 6.45) is 1.80. The maximum atomic E-state index is 5.87. The van der Waals surface area contributed by atoms with Gasteiger partial charge in [0.25, 0.3) is 0 Å². The minimum Gasteiger partial charge on any atom is -0.398 e. The molecule has 0 aliphatic carbocycles. The van der Waals surface area contributed by atoms with E-state index in [1.54, 1.807) is 6.20 Å². The van der Waals surface area contributed by atoms with Crippen molar-refractivity contribution in [2.75, 3.05) is 5.73 Å². The lowest BCUT2D eigenvalue weighted by molar-refractivity contribution is 1.09. The molecule has 0 fully saturated rings. The average molecular weight is 198 g/mol.